The number of carboxylic acid groups (broad SMARTS) is 1. The van der Waals surface area contributed by atoms with Gasteiger partial charge in [0.2, 0.25) is 5.82 Å². The monoisotopic (exact) mass is 493 g/mol. The third kappa shape index (κ3) is 5.29. The maximum atomic E-state index is 11.5. The number of carbonyl (C=O) groups is 1. The SMILES string of the molecule is CC1(C(=O)O)CCN(Cc2ccc(-c3noc(-c4ccc(C5CCCCC5)c(Cl)c4)n3)cc2)CC1. The van der Waals surface area contributed by atoms with Crippen LogP contribution in [0.25, 0.3) is 22.8 Å². The molecule has 6 nitrogen and oxygen atoms in total. The number of hydrogen-bond donors (Lipinski definition) is 1. The van der Waals surface area contributed by atoms with Gasteiger partial charge in [-0.2, -0.15) is 4.98 Å². The number of rotatable bonds is 6. The van der Waals surface area contributed by atoms with Crippen LogP contribution in [0, 0.1) is 5.41 Å². The summed E-state index contributed by atoms with van der Waals surface area (Å²) in [5.41, 5.74) is 3.54. The van der Waals surface area contributed by atoms with Crippen LogP contribution in [0.2, 0.25) is 5.02 Å². The van der Waals surface area contributed by atoms with E-state index in [2.05, 4.69) is 33.2 Å². The minimum Gasteiger partial charge on any atom is -0.481 e. The highest BCUT2D eigenvalue weighted by atomic mass is 35.5. The van der Waals surface area contributed by atoms with Crippen molar-refractivity contribution in [1.82, 2.24) is 15.0 Å². The molecule has 2 aromatic carbocycles. The van der Waals surface area contributed by atoms with E-state index in [4.69, 9.17) is 16.1 Å². The highest BCUT2D eigenvalue weighted by Gasteiger charge is 2.36. The molecule has 5 rings (SSSR count). The Balaban J connectivity index is 1.23. The Morgan fingerprint density at radius 2 is 1.77 bits per heavy atom. The molecular formula is C28H32ClN3O3. The molecule has 0 bridgehead atoms. The predicted octanol–water partition coefficient (Wildman–Crippen LogP) is 6.79. The summed E-state index contributed by atoms with van der Waals surface area (Å²) < 4.78 is 5.56. The van der Waals surface area contributed by atoms with Gasteiger partial charge in [0.25, 0.3) is 5.89 Å². The molecule has 7 heteroatoms. The summed E-state index contributed by atoms with van der Waals surface area (Å²) in [6.45, 7) is 4.24. The smallest absolute Gasteiger partial charge is 0.309 e. The lowest BCUT2D eigenvalue weighted by Crippen LogP contribution is -2.42. The van der Waals surface area contributed by atoms with Gasteiger partial charge in [-0.3, -0.25) is 9.69 Å². The van der Waals surface area contributed by atoms with E-state index in [-0.39, 0.29) is 0 Å². The molecule has 1 saturated heterocycles. The molecule has 3 aromatic rings. The highest BCUT2D eigenvalue weighted by molar-refractivity contribution is 6.31. The van der Waals surface area contributed by atoms with Crippen LogP contribution in [0.5, 0.6) is 0 Å². The number of carboxylic acids is 1. The van der Waals surface area contributed by atoms with Crippen molar-refractivity contribution in [2.75, 3.05) is 13.1 Å². The van der Waals surface area contributed by atoms with Gasteiger partial charge in [0.15, 0.2) is 0 Å². The van der Waals surface area contributed by atoms with E-state index in [1.165, 1.54) is 43.2 Å². The first-order chi connectivity index (χ1) is 16.9. The van der Waals surface area contributed by atoms with Crippen molar-refractivity contribution in [2.24, 2.45) is 5.41 Å². The fraction of sp³-hybridized carbons (Fsp3) is 0.464. The van der Waals surface area contributed by atoms with Crippen LogP contribution in [0.15, 0.2) is 47.0 Å². The van der Waals surface area contributed by atoms with Crippen molar-refractivity contribution >= 4 is 17.6 Å². The number of halogens is 1. The molecular weight excluding hydrogens is 462 g/mol. The molecule has 184 valence electrons. The Morgan fingerprint density at radius 1 is 1.09 bits per heavy atom. The van der Waals surface area contributed by atoms with Gasteiger partial charge in [0, 0.05) is 22.7 Å². The molecule has 1 aliphatic carbocycles. The Morgan fingerprint density at radius 3 is 2.43 bits per heavy atom. The summed E-state index contributed by atoms with van der Waals surface area (Å²) in [7, 11) is 0. The van der Waals surface area contributed by atoms with Crippen molar-refractivity contribution in [2.45, 2.75) is 64.3 Å². The Hall–Kier alpha value is -2.70. The molecule has 1 aromatic heterocycles. The fourth-order valence-corrected chi connectivity index (χ4v) is 5.63. The largest absolute Gasteiger partial charge is 0.481 e. The average Bonchev–Trinajstić information content (AvgIpc) is 3.37. The second kappa shape index (κ2) is 10.1. The Labute approximate surface area is 211 Å². The van der Waals surface area contributed by atoms with Crippen LogP contribution >= 0.6 is 11.6 Å². The van der Waals surface area contributed by atoms with Crippen molar-refractivity contribution in [3.63, 3.8) is 0 Å². The number of aromatic nitrogens is 2. The molecule has 0 spiro atoms. The lowest BCUT2D eigenvalue weighted by Gasteiger charge is -2.36. The summed E-state index contributed by atoms with van der Waals surface area (Å²) in [6, 6.07) is 14.3. The van der Waals surface area contributed by atoms with Gasteiger partial charge in [0.1, 0.15) is 0 Å². The number of aliphatic carboxylic acids is 1. The van der Waals surface area contributed by atoms with Gasteiger partial charge in [-0.05, 0) is 74.9 Å². The third-order valence-corrected chi connectivity index (χ3v) is 8.14. The van der Waals surface area contributed by atoms with E-state index in [9.17, 15) is 9.90 Å². The topological polar surface area (TPSA) is 79.5 Å². The van der Waals surface area contributed by atoms with Crippen molar-refractivity contribution in [3.8, 4) is 22.8 Å². The third-order valence-electron chi connectivity index (χ3n) is 7.81. The predicted molar refractivity (Wildman–Crippen MR) is 136 cm³/mol. The maximum absolute atomic E-state index is 11.5. The van der Waals surface area contributed by atoms with Crippen LogP contribution in [0.1, 0.15) is 68.9 Å². The fourth-order valence-electron chi connectivity index (χ4n) is 5.30. The van der Waals surface area contributed by atoms with Gasteiger partial charge in [-0.15, -0.1) is 0 Å². The molecule has 35 heavy (non-hydrogen) atoms. The van der Waals surface area contributed by atoms with E-state index in [0.717, 1.165) is 35.8 Å². The van der Waals surface area contributed by atoms with Crippen molar-refractivity contribution in [3.05, 3.63) is 58.6 Å². The molecule has 0 unspecified atom stereocenters. The minimum atomic E-state index is -0.691. The van der Waals surface area contributed by atoms with Crippen LogP contribution < -0.4 is 0 Å². The van der Waals surface area contributed by atoms with E-state index in [0.29, 0.717) is 30.5 Å². The molecule has 1 aliphatic heterocycles. The number of benzene rings is 2. The van der Waals surface area contributed by atoms with Crippen LogP contribution in [-0.2, 0) is 11.3 Å². The number of hydrogen-bond acceptors (Lipinski definition) is 5. The number of likely N-dealkylation sites (tertiary alicyclic amines) is 1. The first-order valence-corrected chi connectivity index (χ1v) is 13.0. The first kappa shape index (κ1) is 24.0. The first-order valence-electron chi connectivity index (χ1n) is 12.6. The van der Waals surface area contributed by atoms with Gasteiger partial charge in [-0.25, -0.2) is 0 Å². The maximum Gasteiger partial charge on any atom is 0.309 e. The molecule has 2 aliphatic rings. The summed E-state index contributed by atoms with van der Waals surface area (Å²) in [4.78, 5) is 18.4. The molecule has 2 heterocycles. The molecule has 0 amide bonds. The van der Waals surface area contributed by atoms with E-state index >= 15 is 0 Å². The molecule has 1 N–H and O–H groups in total. The normalized spacial score (nSPS) is 19.0. The molecule has 0 radical (unpaired) electrons. The van der Waals surface area contributed by atoms with Gasteiger partial charge < -0.3 is 9.63 Å². The Kier molecular flexibility index (Phi) is 6.94. The average molecular weight is 494 g/mol. The molecule has 0 atom stereocenters. The van der Waals surface area contributed by atoms with Crippen LogP contribution in [0.3, 0.4) is 0 Å². The lowest BCUT2D eigenvalue weighted by molar-refractivity contribution is -0.150. The minimum absolute atomic E-state index is 0.468. The summed E-state index contributed by atoms with van der Waals surface area (Å²) in [6.07, 6.45) is 7.64. The van der Waals surface area contributed by atoms with Crippen LogP contribution in [0.4, 0.5) is 0 Å². The zero-order chi connectivity index (χ0) is 24.4. The van der Waals surface area contributed by atoms with E-state index in [1.54, 1.807) is 0 Å². The van der Waals surface area contributed by atoms with Crippen molar-refractivity contribution < 1.29 is 14.4 Å². The molecule has 2 fully saturated rings. The molecule has 1 saturated carbocycles. The second-order valence-electron chi connectivity index (χ2n) is 10.3. The van der Waals surface area contributed by atoms with E-state index < -0.39 is 11.4 Å². The second-order valence-corrected chi connectivity index (χ2v) is 10.7. The van der Waals surface area contributed by atoms with Gasteiger partial charge in [-0.1, -0.05) is 66.4 Å². The van der Waals surface area contributed by atoms with Crippen LogP contribution in [-0.4, -0.2) is 39.2 Å². The summed E-state index contributed by atoms with van der Waals surface area (Å²) >= 11 is 6.64. The van der Waals surface area contributed by atoms with E-state index in [1.807, 2.05) is 31.2 Å². The number of nitrogens with zero attached hydrogens (tertiary/aromatic N) is 3. The summed E-state index contributed by atoms with van der Waals surface area (Å²) in [5, 5.41) is 14.4. The quantitative estimate of drug-likeness (QED) is 0.407. The number of piperidine rings is 1. The Bertz CT molecular complexity index is 1180. The zero-order valence-electron chi connectivity index (χ0n) is 20.2. The van der Waals surface area contributed by atoms with Gasteiger partial charge in [0.05, 0.1) is 5.41 Å². The summed E-state index contributed by atoms with van der Waals surface area (Å²) in [5.74, 6) is 0.877. The zero-order valence-corrected chi connectivity index (χ0v) is 20.9. The standard InChI is InChI=1S/C28H32ClN3O3/c1-28(27(33)34)13-15-32(16-14-28)18-19-7-9-21(10-8-19)25-30-26(35-31-25)22-11-12-23(24(29)17-22)20-5-3-2-4-6-20/h7-12,17,20H,2-6,13-16,18H2,1H3,(H,33,34). The highest BCUT2D eigenvalue weighted by Crippen LogP contribution is 2.38. The lowest BCUT2D eigenvalue weighted by atomic mass is 9.80. The van der Waals surface area contributed by atoms with Gasteiger partial charge >= 0.3 is 5.97 Å². The van der Waals surface area contributed by atoms with Crippen molar-refractivity contribution in [1.29, 1.82) is 0 Å².